The van der Waals surface area contributed by atoms with E-state index in [0.29, 0.717) is 24.7 Å². The summed E-state index contributed by atoms with van der Waals surface area (Å²) in [5.41, 5.74) is 0.622. The van der Waals surface area contributed by atoms with Crippen LogP contribution < -0.4 is 10.1 Å². The van der Waals surface area contributed by atoms with Gasteiger partial charge in [-0.25, -0.2) is 4.99 Å². The van der Waals surface area contributed by atoms with Gasteiger partial charge in [-0.1, -0.05) is 18.2 Å². The van der Waals surface area contributed by atoms with E-state index in [2.05, 4.69) is 15.0 Å². The van der Waals surface area contributed by atoms with Gasteiger partial charge in [0, 0.05) is 32.3 Å². The molecule has 0 radical (unpaired) electrons. The van der Waals surface area contributed by atoms with Crippen LogP contribution in [-0.4, -0.2) is 50.8 Å². The van der Waals surface area contributed by atoms with E-state index in [0.717, 1.165) is 19.1 Å². The first-order valence-corrected chi connectivity index (χ1v) is 8.70. The van der Waals surface area contributed by atoms with Crippen molar-refractivity contribution in [2.24, 2.45) is 10.9 Å². The SMILES string of the molecule is CCNC(=NCc1ccccc1OC(F)F)N(C)CCOCC1CC1.I. The maximum absolute atomic E-state index is 12.5. The first-order chi connectivity index (χ1) is 12.1. The van der Waals surface area contributed by atoms with E-state index in [1.165, 1.54) is 18.9 Å². The number of alkyl halides is 2. The second-order valence-corrected chi connectivity index (χ2v) is 6.10. The molecule has 26 heavy (non-hydrogen) atoms. The Morgan fingerprint density at radius 2 is 2.08 bits per heavy atom. The lowest BCUT2D eigenvalue weighted by molar-refractivity contribution is -0.0504. The number of aliphatic imine (C=N–C) groups is 1. The van der Waals surface area contributed by atoms with E-state index >= 15 is 0 Å². The molecule has 1 aliphatic rings. The smallest absolute Gasteiger partial charge is 0.387 e. The number of rotatable bonds is 10. The van der Waals surface area contributed by atoms with Crippen LogP contribution in [0.1, 0.15) is 25.3 Å². The summed E-state index contributed by atoms with van der Waals surface area (Å²) in [4.78, 5) is 6.51. The van der Waals surface area contributed by atoms with Crippen molar-refractivity contribution >= 4 is 29.9 Å². The number of likely N-dealkylation sites (N-methyl/N-ethyl adjacent to an activating group) is 1. The highest BCUT2D eigenvalue weighted by molar-refractivity contribution is 14.0. The summed E-state index contributed by atoms with van der Waals surface area (Å²) in [6.45, 7) is 2.32. The van der Waals surface area contributed by atoms with E-state index in [1.807, 2.05) is 18.9 Å². The van der Waals surface area contributed by atoms with Crippen LogP contribution in [0.2, 0.25) is 0 Å². The third kappa shape index (κ3) is 8.48. The van der Waals surface area contributed by atoms with Gasteiger partial charge < -0.3 is 19.7 Å². The number of nitrogens with one attached hydrogen (secondary N) is 1. The zero-order valence-electron chi connectivity index (χ0n) is 15.3. The van der Waals surface area contributed by atoms with Crippen LogP contribution >= 0.6 is 24.0 Å². The van der Waals surface area contributed by atoms with Gasteiger partial charge in [0.2, 0.25) is 0 Å². The molecular weight excluding hydrogens is 455 g/mol. The maximum atomic E-state index is 12.5. The van der Waals surface area contributed by atoms with Crippen molar-refractivity contribution in [1.29, 1.82) is 0 Å². The molecule has 1 N–H and O–H groups in total. The first kappa shape index (κ1) is 22.9. The fourth-order valence-electron chi connectivity index (χ4n) is 2.32. The molecule has 2 rings (SSSR count). The number of hydrogen-bond acceptors (Lipinski definition) is 3. The van der Waals surface area contributed by atoms with E-state index in [1.54, 1.807) is 18.2 Å². The van der Waals surface area contributed by atoms with Crippen LogP contribution in [0.3, 0.4) is 0 Å². The van der Waals surface area contributed by atoms with Crippen molar-refractivity contribution in [3.05, 3.63) is 29.8 Å². The van der Waals surface area contributed by atoms with Crippen LogP contribution in [0.4, 0.5) is 8.78 Å². The van der Waals surface area contributed by atoms with Gasteiger partial charge in [0.05, 0.1) is 13.2 Å². The molecule has 0 saturated heterocycles. The summed E-state index contributed by atoms with van der Waals surface area (Å²) < 4.78 is 35.2. The molecular formula is C18H28F2IN3O2. The Balaban J connectivity index is 0.00000338. The Morgan fingerprint density at radius 3 is 2.73 bits per heavy atom. The third-order valence-corrected chi connectivity index (χ3v) is 3.91. The Bertz CT molecular complexity index is 557. The van der Waals surface area contributed by atoms with Crippen LogP contribution in [0.25, 0.3) is 0 Å². The van der Waals surface area contributed by atoms with Crippen molar-refractivity contribution in [3.8, 4) is 5.75 Å². The van der Waals surface area contributed by atoms with E-state index < -0.39 is 6.61 Å². The Morgan fingerprint density at radius 1 is 1.35 bits per heavy atom. The van der Waals surface area contributed by atoms with Gasteiger partial charge >= 0.3 is 6.61 Å². The highest BCUT2D eigenvalue weighted by atomic mass is 127. The Labute approximate surface area is 171 Å². The minimum Gasteiger partial charge on any atom is -0.434 e. The number of benzene rings is 1. The first-order valence-electron chi connectivity index (χ1n) is 8.70. The monoisotopic (exact) mass is 483 g/mol. The van der Waals surface area contributed by atoms with Gasteiger partial charge in [0.1, 0.15) is 5.75 Å². The standard InChI is InChI=1S/C18H27F2N3O2.HI/c1-3-21-18(23(2)10-11-24-13-14-8-9-14)22-12-15-6-4-5-7-16(15)25-17(19)20;/h4-7,14,17H,3,8-13H2,1-2H3,(H,21,22);1H. The van der Waals surface area contributed by atoms with E-state index in [-0.39, 0.29) is 36.3 Å². The molecule has 1 saturated carbocycles. The largest absolute Gasteiger partial charge is 0.434 e. The number of para-hydroxylation sites is 1. The molecule has 0 amide bonds. The van der Waals surface area contributed by atoms with Gasteiger partial charge in [-0.05, 0) is 31.7 Å². The number of ether oxygens (including phenoxy) is 2. The molecule has 0 atom stereocenters. The number of guanidine groups is 1. The molecule has 0 heterocycles. The molecule has 0 unspecified atom stereocenters. The predicted octanol–water partition coefficient (Wildman–Crippen LogP) is 3.73. The number of hydrogen-bond donors (Lipinski definition) is 1. The molecule has 1 aromatic carbocycles. The van der Waals surface area contributed by atoms with Gasteiger partial charge in [-0.15, -0.1) is 24.0 Å². The van der Waals surface area contributed by atoms with Crippen molar-refractivity contribution < 1.29 is 18.3 Å². The quantitative estimate of drug-likeness (QED) is 0.239. The Kier molecular flexibility index (Phi) is 10.8. The fraction of sp³-hybridized carbons (Fsp3) is 0.611. The van der Waals surface area contributed by atoms with Crippen LogP contribution in [0, 0.1) is 5.92 Å². The summed E-state index contributed by atoms with van der Waals surface area (Å²) in [6, 6.07) is 6.72. The lowest BCUT2D eigenvalue weighted by Gasteiger charge is -2.22. The topological polar surface area (TPSA) is 46.1 Å². The second kappa shape index (κ2) is 12.3. The molecule has 8 heteroatoms. The maximum Gasteiger partial charge on any atom is 0.387 e. The molecule has 0 bridgehead atoms. The summed E-state index contributed by atoms with van der Waals surface area (Å²) in [6.07, 6.45) is 2.56. The van der Waals surface area contributed by atoms with Crippen molar-refractivity contribution in [3.63, 3.8) is 0 Å². The third-order valence-electron chi connectivity index (χ3n) is 3.91. The van der Waals surface area contributed by atoms with Gasteiger partial charge in [-0.2, -0.15) is 8.78 Å². The number of nitrogens with zero attached hydrogens (tertiary/aromatic N) is 2. The van der Waals surface area contributed by atoms with Crippen LogP contribution in [0.15, 0.2) is 29.3 Å². The minimum absolute atomic E-state index is 0. The van der Waals surface area contributed by atoms with Crippen LogP contribution in [0.5, 0.6) is 5.75 Å². The molecule has 0 spiro atoms. The lowest BCUT2D eigenvalue weighted by Crippen LogP contribution is -2.40. The van der Waals surface area contributed by atoms with E-state index in [9.17, 15) is 8.78 Å². The zero-order chi connectivity index (χ0) is 18.1. The highest BCUT2D eigenvalue weighted by Gasteiger charge is 2.21. The molecule has 5 nitrogen and oxygen atoms in total. The molecule has 1 fully saturated rings. The highest BCUT2D eigenvalue weighted by Crippen LogP contribution is 2.28. The second-order valence-electron chi connectivity index (χ2n) is 6.10. The molecule has 0 aliphatic heterocycles. The van der Waals surface area contributed by atoms with Gasteiger partial charge in [-0.3, -0.25) is 0 Å². The predicted molar refractivity (Wildman–Crippen MR) is 109 cm³/mol. The van der Waals surface area contributed by atoms with Gasteiger partial charge in [0.15, 0.2) is 5.96 Å². The van der Waals surface area contributed by atoms with Crippen molar-refractivity contribution in [1.82, 2.24) is 10.2 Å². The fourth-order valence-corrected chi connectivity index (χ4v) is 2.32. The average molecular weight is 483 g/mol. The van der Waals surface area contributed by atoms with Crippen LogP contribution in [-0.2, 0) is 11.3 Å². The summed E-state index contributed by atoms with van der Waals surface area (Å²) in [5.74, 6) is 1.62. The molecule has 0 aromatic heterocycles. The molecule has 1 aliphatic carbocycles. The lowest BCUT2D eigenvalue weighted by atomic mass is 10.2. The van der Waals surface area contributed by atoms with Gasteiger partial charge in [0.25, 0.3) is 0 Å². The molecule has 1 aromatic rings. The van der Waals surface area contributed by atoms with E-state index in [4.69, 9.17) is 4.74 Å². The molecule has 148 valence electrons. The minimum atomic E-state index is -2.84. The van der Waals surface area contributed by atoms with Crippen molar-refractivity contribution in [2.45, 2.75) is 32.9 Å². The normalized spacial score (nSPS) is 14.1. The number of halogens is 3. The Hall–Kier alpha value is -1.16. The summed E-state index contributed by atoms with van der Waals surface area (Å²) >= 11 is 0. The summed E-state index contributed by atoms with van der Waals surface area (Å²) in [7, 11) is 1.93. The average Bonchev–Trinajstić information content (AvgIpc) is 3.40. The zero-order valence-corrected chi connectivity index (χ0v) is 17.6. The van der Waals surface area contributed by atoms with Crippen molar-refractivity contribution in [2.75, 3.05) is 33.4 Å². The summed E-state index contributed by atoms with van der Waals surface area (Å²) in [5, 5.41) is 3.21.